The summed E-state index contributed by atoms with van der Waals surface area (Å²) in [7, 11) is 3.33. The molecule has 140 valence electrons. The van der Waals surface area contributed by atoms with Crippen LogP contribution in [0.1, 0.15) is 36.0 Å². The van der Waals surface area contributed by atoms with E-state index in [1.54, 1.807) is 14.2 Å². The fourth-order valence-electron chi connectivity index (χ4n) is 3.37. The monoisotopic (exact) mass is 358 g/mol. The molecule has 0 unspecified atom stereocenters. The van der Waals surface area contributed by atoms with Gasteiger partial charge in [-0.05, 0) is 30.5 Å². The summed E-state index contributed by atoms with van der Waals surface area (Å²) < 4.78 is 16.1. The standard InChI is InChI=1S/C19H26N4O3/c1-24-16-6-3-14(11-17(16)25-2)12-22-7-9-23(10-8-22)13-18-20-19(21-26-18)15-4-5-15/h3,6,11,15H,4-5,7-10,12-13H2,1-2H3. The summed E-state index contributed by atoms with van der Waals surface area (Å²) in [5.41, 5.74) is 1.24. The Morgan fingerprint density at radius 3 is 2.35 bits per heavy atom. The minimum absolute atomic E-state index is 0.547. The Morgan fingerprint density at radius 2 is 1.69 bits per heavy atom. The van der Waals surface area contributed by atoms with Crippen LogP contribution in [-0.2, 0) is 13.1 Å². The van der Waals surface area contributed by atoms with Gasteiger partial charge in [-0.15, -0.1) is 0 Å². The Morgan fingerprint density at radius 1 is 1.00 bits per heavy atom. The third-order valence-corrected chi connectivity index (χ3v) is 5.10. The van der Waals surface area contributed by atoms with E-state index < -0.39 is 0 Å². The van der Waals surface area contributed by atoms with Gasteiger partial charge in [0, 0.05) is 38.6 Å². The van der Waals surface area contributed by atoms with Gasteiger partial charge < -0.3 is 14.0 Å². The second kappa shape index (κ2) is 7.63. The van der Waals surface area contributed by atoms with Crippen LogP contribution in [0.4, 0.5) is 0 Å². The molecular weight excluding hydrogens is 332 g/mol. The Hall–Kier alpha value is -2.12. The van der Waals surface area contributed by atoms with E-state index in [1.165, 1.54) is 18.4 Å². The summed E-state index contributed by atoms with van der Waals surface area (Å²) >= 11 is 0. The molecule has 0 bridgehead atoms. The molecule has 0 amide bonds. The van der Waals surface area contributed by atoms with Gasteiger partial charge in [-0.2, -0.15) is 4.98 Å². The van der Waals surface area contributed by atoms with E-state index in [4.69, 9.17) is 14.0 Å². The van der Waals surface area contributed by atoms with Crippen molar-refractivity contribution in [1.82, 2.24) is 19.9 Å². The van der Waals surface area contributed by atoms with Gasteiger partial charge in [0.05, 0.1) is 20.8 Å². The first-order valence-electron chi connectivity index (χ1n) is 9.23. The minimum atomic E-state index is 0.547. The van der Waals surface area contributed by atoms with E-state index in [0.29, 0.717) is 5.92 Å². The molecule has 1 saturated heterocycles. The molecule has 2 heterocycles. The zero-order valence-corrected chi connectivity index (χ0v) is 15.5. The number of benzene rings is 1. The zero-order valence-electron chi connectivity index (χ0n) is 15.5. The lowest BCUT2D eigenvalue weighted by molar-refractivity contribution is 0.112. The molecule has 2 aliphatic rings. The van der Waals surface area contributed by atoms with Crippen molar-refractivity contribution in [2.45, 2.75) is 31.8 Å². The van der Waals surface area contributed by atoms with E-state index in [0.717, 1.165) is 62.5 Å². The summed E-state index contributed by atoms with van der Waals surface area (Å²) in [6.45, 7) is 5.74. The van der Waals surface area contributed by atoms with Gasteiger partial charge in [-0.25, -0.2) is 0 Å². The molecule has 0 N–H and O–H groups in total. The molecule has 26 heavy (non-hydrogen) atoms. The van der Waals surface area contributed by atoms with Crippen molar-refractivity contribution in [2.75, 3.05) is 40.4 Å². The normalized spacial score (nSPS) is 18.8. The van der Waals surface area contributed by atoms with E-state index in [1.807, 2.05) is 6.07 Å². The molecule has 1 aromatic heterocycles. The van der Waals surface area contributed by atoms with Gasteiger partial charge >= 0.3 is 0 Å². The molecule has 0 spiro atoms. The summed E-state index contributed by atoms with van der Waals surface area (Å²) in [6.07, 6.45) is 2.40. The van der Waals surface area contributed by atoms with Crippen molar-refractivity contribution < 1.29 is 14.0 Å². The van der Waals surface area contributed by atoms with Crippen molar-refractivity contribution >= 4 is 0 Å². The van der Waals surface area contributed by atoms with Crippen LogP contribution in [0.15, 0.2) is 22.7 Å². The fourth-order valence-corrected chi connectivity index (χ4v) is 3.37. The molecule has 1 aliphatic carbocycles. The number of aromatic nitrogens is 2. The second-order valence-electron chi connectivity index (χ2n) is 7.06. The number of hydrogen-bond acceptors (Lipinski definition) is 7. The van der Waals surface area contributed by atoms with Crippen LogP contribution >= 0.6 is 0 Å². The summed E-state index contributed by atoms with van der Waals surface area (Å²) in [6, 6.07) is 6.13. The Labute approximate surface area is 153 Å². The summed E-state index contributed by atoms with van der Waals surface area (Å²) in [5.74, 6) is 3.75. The third kappa shape index (κ3) is 3.99. The summed E-state index contributed by atoms with van der Waals surface area (Å²) in [5, 5.41) is 4.10. The van der Waals surface area contributed by atoms with Crippen molar-refractivity contribution in [3.05, 3.63) is 35.5 Å². The van der Waals surface area contributed by atoms with Crippen LogP contribution in [0.2, 0.25) is 0 Å². The van der Waals surface area contributed by atoms with Crippen LogP contribution in [0, 0.1) is 0 Å². The first-order chi connectivity index (χ1) is 12.7. The highest BCUT2D eigenvalue weighted by Gasteiger charge is 2.29. The SMILES string of the molecule is COc1ccc(CN2CCN(Cc3nc(C4CC4)no3)CC2)cc1OC. The van der Waals surface area contributed by atoms with Crippen molar-refractivity contribution in [1.29, 1.82) is 0 Å². The number of methoxy groups -OCH3 is 2. The zero-order chi connectivity index (χ0) is 17.9. The predicted octanol–water partition coefficient (Wildman–Crippen LogP) is 2.28. The molecule has 1 saturated carbocycles. The molecule has 7 nitrogen and oxygen atoms in total. The maximum Gasteiger partial charge on any atom is 0.240 e. The number of piperazine rings is 1. The lowest BCUT2D eigenvalue weighted by Crippen LogP contribution is -2.45. The van der Waals surface area contributed by atoms with E-state index in [-0.39, 0.29) is 0 Å². The average Bonchev–Trinajstić information content (AvgIpc) is 3.42. The third-order valence-electron chi connectivity index (χ3n) is 5.10. The number of hydrogen-bond donors (Lipinski definition) is 0. The highest BCUT2D eigenvalue weighted by Crippen LogP contribution is 2.38. The largest absolute Gasteiger partial charge is 0.493 e. The molecule has 0 atom stereocenters. The highest BCUT2D eigenvalue weighted by atomic mass is 16.5. The first-order valence-corrected chi connectivity index (χ1v) is 9.23. The lowest BCUT2D eigenvalue weighted by Gasteiger charge is -2.34. The Balaban J connectivity index is 1.27. The maximum atomic E-state index is 5.40. The molecule has 1 aromatic carbocycles. The van der Waals surface area contributed by atoms with Crippen LogP contribution in [-0.4, -0.2) is 60.3 Å². The number of rotatable bonds is 7. The molecule has 4 rings (SSSR count). The number of nitrogens with zero attached hydrogens (tertiary/aromatic N) is 4. The van der Waals surface area contributed by atoms with E-state index >= 15 is 0 Å². The van der Waals surface area contributed by atoms with Gasteiger partial charge in [-0.3, -0.25) is 9.80 Å². The fraction of sp³-hybridized carbons (Fsp3) is 0.579. The van der Waals surface area contributed by atoms with Crippen LogP contribution in [0.5, 0.6) is 11.5 Å². The highest BCUT2D eigenvalue weighted by molar-refractivity contribution is 5.42. The molecule has 1 aliphatic heterocycles. The first kappa shape index (κ1) is 17.3. The number of ether oxygens (including phenoxy) is 2. The Kier molecular flexibility index (Phi) is 5.08. The topological polar surface area (TPSA) is 63.9 Å². The van der Waals surface area contributed by atoms with Gasteiger partial charge in [0.2, 0.25) is 5.89 Å². The smallest absolute Gasteiger partial charge is 0.240 e. The second-order valence-corrected chi connectivity index (χ2v) is 7.06. The molecule has 2 aromatic rings. The van der Waals surface area contributed by atoms with E-state index in [2.05, 4.69) is 32.1 Å². The van der Waals surface area contributed by atoms with Gasteiger partial charge in [-0.1, -0.05) is 11.2 Å². The maximum absolute atomic E-state index is 5.40. The minimum Gasteiger partial charge on any atom is -0.493 e. The molecule has 0 radical (unpaired) electrons. The predicted molar refractivity (Wildman–Crippen MR) is 96.4 cm³/mol. The summed E-state index contributed by atoms with van der Waals surface area (Å²) in [4.78, 5) is 9.37. The Bertz CT molecular complexity index is 736. The lowest BCUT2D eigenvalue weighted by atomic mass is 10.1. The molecule has 7 heteroatoms. The quantitative estimate of drug-likeness (QED) is 0.752. The van der Waals surface area contributed by atoms with Crippen LogP contribution < -0.4 is 9.47 Å². The van der Waals surface area contributed by atoms with Gasteiger partial charge in [0.25, 0.3) is 0 Å². The average molecular weight is 358 g/mol. The van der Waals surface area contributed by atoms with Crippen LogP contribution in [0.3, 0.4) is 0 Å². The van der Waals surface area contributed by atoms with Gasteiger partial charge in [0.1, 0.15) is 0 Å². The van der Waals surface area contributed by atoms with Crippen molar-refractivity contribution in [3.63, 3.8) is 0 Å². The van der Waals surface area contributed by atoms with Crippen molar-refractivity contribution in [2.24, 2.45) is 0 Å². The van der Waals surface area contributed by atoms with Crippen molar-refractivity contribution in [3.8, 4) is 11.5 Å². The van der Waals surface area contributed by atoms with Gasteiger partial charge in [0.15, 0.2) is 17.3 Å². The van der Waals surface area contributed by atoms with E-state index in [9.17, 15) is 0 Å². The molecule has 2 fully saturated rings. The molecular formula is C19H26N4O3. The van der Waals surface area contributed by atoms with Crippen LogP contribution in [0.25, 0.3) is 0 Å².